The van der Waals surface area contributed by atoms with Crippen LogP contribution >= 0.6 is 11.3 Å². The summed E-state index contributed by atoms with van der Waals surface area (Å²) in [4.78, 5) is 27.8. The summed E-state index contributed by atoms with van der Waals surface area (Å²) in [6, 6.07) is 22.5. The van der Waals surface area contributed by atoms with Crippen molar-refractivity contribution >= 4 is 38.9 Å². The Labute approximate surface area is 166 Å². The molecule has 0 aliphatic heterocycles. The Morgan fingerprint density at radius 2 is 1.75 bits per heavy atom. The van der Waals surface area contributed by atoms with Gasteiger partial charge in [-0.25, -0.2) is 0 Å². The normalized spacial score (nSPS) is 10.7. The van der Waals surface area contributed by atoms with Gasteiger partial charge in [0.2, 0.25) is 5.91 Å². The van der Waals surface area contributed by atoms with E-state index < -0.39 is 0 Å². The highest BCUT2D eigenvalue weighted by molar-refractivity contribution is 7.20. The highest BCUT2D eigenvalue weighted by atomic mass is 32.1. The van der Waals surface area contributed by atoms with Gasteiger partial charge in [-0.3, -0.25) is 9.59 Å². The third-order valence-electron chi connectivity index (χ3n) is 4.24. The molecule has 2 aromatic carbocycles. The number of thiophene rings is 1. The summed E-state index contributed by atoms with van der Waals surface area (Å²) < 4.78 is 6.43. The lowest BCUT2D eigenvalue weighted by Gasteiger charge is -2.20. The molecule has 2 aromatic heterocycles. The molecule has 0 saturated carbocycles. The molecule has 28 heavy (non-hydrogen) atoms. The largest absolute Gasteiger partial charge is 0.467 e. The van der Waals surface area contributed by atoms with Gasteiger partial charge in [-0.05, 0) is 41.8 Å². The molecule has 1 N–H and O–H groups in total. The molecule has 0 spiro atoms. The van der Waals surface area contributed by atoms with Gasteiger partial charge in [-0.15, -0.1) is 11.3 Å². The van der Waals surface area contributed by atoms with E-state index in [1.807, 2.05) is 60.7 Å². The number of furan rings is 1. The van der Waals surface area contributed by atoms with Crippen LogP contribution in [-0.4, -0.2) is 23.3 Å². The number of hydrogen-bond acceptors (Lipinski definition) is 4. The SMILES string of the molecule is O=C(CN(Cc1ccco1)C(=O)c1cc2ccccc2s1)Nc1ccccc1. The van der Waals surface area contributed by atoms with Crippen LogP contribution in [0, 0.1) is 0 Å². The maximum atomic E-state index is 13.1. The second-order valence-corrected chi connectivity index (χ2v) is 7.39. The van der Waals surface area contributed by atoms with Crippen molar-refractivity contribution in [2.75, 3.05) is 11.9 Å². The number of hydrogen-bond donors (Lipinski definition) is 1. The van der Waals surface area contributed by atoms with E-state index in [1.54, 1.807) is 18.4 Å². The highest BCUT2D eigenvalue weighted by Gasteiger charge is 2.22. The van der Waals surface area contributed by atoms with Gasteiger partial charge in [-0.2, -0.15) is 0 Å². The maximum absolute atomic E-state index is 13.1. The minimum Gasteiger partial charge on any atom is -0.467 e. The quantitative estimate of drug-likeness (QED) is 0.516. The molecule has 0 bridgehead atoms. The molecule has 4 rings (SSSR count). The fourth-order valence-corrected chi connectivity index (χ4v) is 3.96. The van der Waals surface area contributed by atoms with Crippen molar-refractivity contribution in [1.82, 2.24) is 4.90 Å². The Balaban J connectivity index is 1.55. The van der Waals surface area contributed by atoms with Gasteiger partial charge in [0, 0.05) is 10.4 Å². The Hall–Kier alpha value is -3.38. The first-order valence-electron chi connectivity index (χ1n) is 8.84. The van der Waals surface area contributed by atoms with Crippen molar-refractivity contribution in [2.24, 2.45) is 0 Å². The van der Waals surface area contributed by atoms with E-state index in [0.29, 0.717) is 16.3 Å². The first kappa shape index (κ1) is 18.0. The van der Waals surface area contributed by atoms with Gasteiger partial charge in [-0.1, -0.05) is 36.4 Å². The van der Waals surface area contributed by atoms with Crippen LogP contribution in [0.3, 0.4) is 0 Å². The highest BCUT2D eigenvalue weighted by Crippen LogP contribution is 2.26. The molecule has 5 nitrogen and oxygen atoms in total. The molecule has 2 heterocycles. The average molecular weight is 390 g/mol. The minimum absolute atomic E-state index is 0.0668. The molecule has 0 aliphatic carbocycles. The van der Waals surface area contributed by atoms with Crippen LogP contribution in [0.15, 0.2) is 83.5 Å². The van der Waals surface area contributed by atoms with Crippen LogP contribution in [0.25, 0.3) is 10.1 Å². The summed E-state index contributed by atoms with van der Waals surface area (Å²) in [6.45, 7) is 0.158. The molecule has 140 valence electrons. The second-order valence-electron chi connectivity index (χ2n) is 6.30. The van der Waals surface area contributed by atoms with E-state index in [2.05, 4.69) is 5.32 Å². The zero-order valence-electron chi connectivity index (χ0n) is 15.0. The Bertz CT molecular complexity index is 1050. The molecular formula is C22H18N2O3S. The second kappa shape index (κ2) is 8.10. The number of amides is 2. The number of rotatable bonds is 6. The first-order chi connectivity index (χ1) is 13.7. The molecule has 0 atom stereocenters. The van der Waals surface area contributed by atoms with Gasteiger partial charge in [0.15, 0.2) is 0 Å². The smallest absolute Gasteiger partial charge is 0.264 e. The zero-order chi connectivity index (χ0) is 19.3. The Morgan fingerprint density at radius 1 is 0.964 bits per heavy atom. The summed E-state index contributed by atoms with van der Waals surface area (Å²) in [5.41, 5.74) is 0.694. The van der Waals surface area contributed by atoms with Crippen molar-refractivity contribution < 1.29 is 14.0 Å². The first-order valence-corrected chi connectivity index (χ1v) is 9.66. The van der Waals surface area contributed by atoms with Gasteiger partial charge >= 0.3 is 0 Å². The maximum Gasteiger partial charge on any atom is 0.264 e. The summed E-state index contributed by atoms with van der Waals surface area (Å²) in [5.74, 6) is 0.176. The fraction of sp³-hybridized carbons (Fsp3) is 0.0909. The average Bonchev–Trinajstić information content (AvgIpc) is 3.37. The Morgan fingerprint density at radius 3 is 2.50 bits per heavy atom. The van der Waals surface area contributed by atoms with E-state index in [9.17, 15) is 9.59 Å². The number of nitrogens with one attached hydrogen (secondary N) is 1. The lowest BCUT2D eigenvalue weighted by Crippen LogP contribution is -2.37. The molecule has 0 saturated heterocycles. The molecule has 0 unspecified atom stereocenters. The third-order valence-corrected chi connectivity index (χ3v) is 5.35. The number of fused-ring (bicyclic) bond motifs is 1. The summed E-state index contributed by atoms with van der Waals surface area (Å²) >= 11 is 1.42. The number of carbonyl (C=O) groups excluding carboxylic acids is 2. The van der Waals surface area contributed by atoms with E-state index in [-0.39, 0.29) is 24.9 Å². The van der Waals surface area contributed by atoms with Crippen LogP contribution in [0.5, 0.6) is 0 Å². The number of nitrogens with zero attached hydrogens (tertiary/aromatic N) is 1. The number of anilines is 1. The van der Waals surface area contributed by atoms with Crippen molar-refractivity contribution in [3.63, 3.8) is 0 Å². The summed E-state index contributed by atoms with van der Waals surface area (Å²) in [5, 5.41) is 3.84. The van der Waals surface area contributed by atoms with Crippen molar-refractivity contribution in [1.29, 1.82) is 0 Å². The topological polar surface area (TPSA) is 62.6 Å². The van der Waals surface area contributed by atoms with Gasteiger partial charge in [0.1, 0.15) is 12.3 Å². The number of benzene rings is 2. The number of carbonyl (C=O) groups is 2. The molecule has 2 amide bonds. The minimum atomic E-state index is -0.257. The summed E-state index contributed by atoms with van der Waals surface area (Å²) in [7, 11) is 0. The molecule has 6 heteroatoms. The Kier molecular flexibility index (Phi) is 5.21. The van der Waals surface area contributed by atoms with E-state index in [0.717, 1.165) is 10.1 Å². The zero-order valence-corrected chi connectivity index (χ0v) is 15.8. The lowest BCUT2D eigenvalue weighted by molar-refractivity contribution is -0.117. The molecular weight excluding hydrogens is 372 g/mol. The van der Waals surface area contributed by atoms with Crippen LogP contribution in [0.4, 0.5) is 5.69 Å². The van der Waals surface area contributed by atoms with E-state index in [1.165, 1.54) is 16.2 Å². The van der Waals surface area contributed by atoms with E-state index >= 15 is 0 Å². The van der Waals surface area contributed by atoms with Gasteiger partial charge in [0.25, 0.3) is 5.91 Å². The molecule has 4 aromatic rings. The summed E-state index contributed by atoms with van der Waals surface area (Å²) in [6.07, 6.45) is 1.56. The van der Waals surface area contributed by atoms with Crippen LogP contribution in [0.1, 0.15) is 15.4 Å². The van der Waals surface area contributed by atoms with Gasteiger partial charge < -0.3 is 14.6 Å². The van der Waals surface area contributed by atoms with Crippen LogP contribution in [-0.2, 0) is 11.3 Å². The lowest BCUT2D eigenvalue weighted by atomic mass is 10.2. The molecule has 0 fully saturated rings. The molecule has 0 aliphatic rings. The monoisotopic (exact) mass is 390 g/mol. The number of para-hydroxylation sites is 1. The van der Waals surface area contributed by atoms with E-state index in [4.69, 9.17) is 4.42 Å². The predicted octanol–water partition coefficient (Wildman–Crippen LogP) is 4.78. The predicted molar refractivity (Wildman–Crippen MR) is 110 cm³/mol. The van der Waals surface area contributed by atoms with Gasteiger partial charge in [0.05, 0.1) is 17.7 Å². The van der Waals surface area contributed by atoms with Crippen molar-refractivity contribution in [3.8, 4) is 0 Å². The standard InChI is InChI=1S/C22H18N2O3S/c25-21(23-17-8-2-1-3-9-17)15-24(14-18-10-6-12-27-18)22(26)20-13-16-7-4-5-11-19(16)28-20/h1-13H,14-15H2,(H,23,25). The van der Waals surface area contributed by atoms with Crippen LogP contribution < -0.4 is 5.32 Å². The third kappa shape index (κ3) is 4.13. The van der Waals surface area contributed by atoms with Crippen molar-refractivity contribution in [2.45, 2.75) is 6.54 Å². The molecule has 0 radical (unpaired) electrons. The van der Waals surface area contributed by atoms with Crippen LogP contribution in [0.2, 0.25) is 0 Å². The fourth-order valence-electron chi connectivity index (χ4n) is 2.93. The van der Waals surface area contributed by atoms with Crippen molar-refractivity contribution in [3.05, 3.63) is 89.7 Å².